The van der Waals surface area contributed by atoms with Crippen molar-refractivity contribution in [3.8, 4) is 0 Å². The van der Waals surface area contributed by atoms with Crippen LogP contribution in [0.5, 0.6) is 0 Å². The summed E-state index contributed by atoms with van der Waals surface area (Å²) in [5.74, 6) is 0.532. The van der Waals surface area contributed by atoms with Crippen LogP contribution in [-0.4, -0.2) is 26.7 Å². The molecule has 1 aromatic heterocycles. The average molecular weight is 239 g/mol. The molecule has 0 fully saturated rings. The fourth-order valence-electron chi connectivity index (χ4n) is 1.22. The third-order valence-corrected chi connectivity index (χ3v) is 2.61. The van der Waals surface area contributed by atoms with Crippen LogP contribution in [0.2, 0.25) is 0 Å². The van der Waals surface area contributed by atoms with Crippen molar-refractivity contribution in [2.75, 3.05) is 0 Å². The van der Waals surface area contributed by atoms with Crippen LogP contribution in [0.25, 0.3) is 0 Å². The lowest BCUT2D eigenvalue weighted by Gasteiger charge is -2.26. The van der Waals surface area contributed by atoms with E-state index in [-0.39, 0.29) is 17.4 Å². The molecular formula is C11H21N5O. The van der Waals surface area contributed by atoms with Crippen molar-refractivity contribution >= 4 is 5.91 Å². The standard InChI is InChI=1S/C11H21N5O/c1-11(2,3)8(12)5-10(17)13-6-9-14-7-16(4)15-9/h7-8H,5-6,12H2,1-4H3,(H,13,17). The first-order valence-electron chi connectivity index (χ1n) is 5.66. The molecule has 3 N–H and O–H groups in total. The van der Waals surface area contributed by atoms with Gasteiger partial charge in [-0.3, -0.25) is 9.48 Å². The Labute approximate surface area is 102 Å². The van der Waals surface area contributed by atoms with Gasteiger partial charge in [-0.15, -0.1) is 0 Å². The van der Waals surface area contributed by atoms with Gasteiger partial charge in [-0.2, -0.15) is 5.10 Å². The summed E-state index contributed by atoms with van der Waals surface area (Å²) in [5, 5.41) is 6.83. The summed E-state index contributed by atoms with van der Waals surface area (Å²) in [6, 6.07) is -0.154. The van der Waals surface area contributed by atoms with Gasteiger partial charge >= 0.3 is 0 Å². The molecule has 6 nitrogen and oxygen atoms in total. The number of hydrogen-bond acceptors (Lipinski definition) is 4. The van der Waals surface area contributed by atoms with E-state index in [1.165, 1.54) is 0 Å². The molecule has 96 valence electrons. The van der Waals surface area contributed by atoms with Gasteiger partial charge in [0.1, 0.15) is 6.33 Å². The van der Waals surface area contributed by atoms with Gasteiger partial charge in [-0.05, 0) is 5.41 Å². The third kappa shape index (κ3) is 4.52. The van der Waals surface area contributed by atoms with Gasteiger partial charge in [0, 0.05) is 19.5 Å². The van der Waals surface area contributed by atoms with E-state index in [2.05, 4.69) is 15.4 Å². The minimum atomic E-state index is -0.154. The highest BCUT2D eigenvalue weighted by molar-refractivity contribution is 5.76. The summed E-state index contributed by atoms with van der Waals surface area (Å²) in [7, 11) is 1.79. The number of rotatable bonds is 4. The Balaban J connectivity index is 2.36. The number of aryl methyl sites for hydroxylation is 1. The van der Waals surface area contributed by atoms with Crippen LogP contribution >= 0.6 is 0 Å². The van der Waals surface area contributed by atoms with E-state index in [4.69, 9.17) is 5.73 Å². The molecule has 1 heterocycles. The van der Waals surface area contributed by atoms with Crippen LogP contribution in [0.15, 0.2) is 6.33 Å². The highest BCUT2D eigenvalue weighted by Gasteiger charge is 2.23. The molecule has 1 aromatic rings. The third-order valence-electron chi connectivity index (χ3n) is 2.61. The molecule has 0 bridgehead atoms. The number of nitrogens with zero attached hydrogens (tertiary/aromatic N) is 3. The Morgan fingerprint density at radius 2 is 2.24 bits per heavy atom. The quantitative estimate of drug-likeness (QED) is 0.785. The van der Waals surface area contributed by atoms with Gasteiger partial charge in [0.25, 0.3) is 0 Å². The summed E-state index contributed by atoms with van der Waals surface area (Å²) in [6.45, 7) is 6.40. The zero-order valence-corrected chi connectivity index (χ0v) is 10.9. The topological polar surface area (TPSA) is 85.8 Å². The summed E-state index contributed by atoms with van der Waals surface area (Å²) in [4.78, 5) is 15.6. The molecule has 0 aliphatic heterocycles. The summed E-state index contributed by atoms with van der Waals surface area (Å²) in [6.07, 6.45) is 1.92. The zero-order valence-electron chi connectivity index (χ0n) is 10.9. The normalized spacial score (nSPS) is 13.5. The Morgan fingerprint density at radius 3 is 2.71 bits per heavy atom. The number of amides is 1. The van der Waals surface area contributed by atoms with Gasteiger partial charge in [0.2, 0.25) is 5.91 Å². The Morgan fingerprint density at radius 1 is 1.59 bits per heavy atom. The molecule has 17 heavy (non-hydrogen) atoms. The average Bonchev–Trinajstić information content (AvgIpc) is 2.60. The van der Waals surface area contributed by atoms with Crippen LogP contribution in [0.1, 0.15) is 33.0 Å². The molecule has 1 amide bonds. The van der Waals surface area contributed by atoms with Crippen molar-refractivity contribution in [2.24, 2.45) is 18.2 Å². The predicted molar refractivity (Wildman–Crippen MR) is 64.9 cm³/mol. The van der Waals surface area contributed by atoms with Crippen LogP contribution in [0, 0.1) is 5.41 Å². The highest BCUT2D eigenvalue weighted by atomic mass is 16.1. The first-order chi connectivity index (χ1) is 7.79. The number of carbonyl (C=O) groups is 1. The van der Waals surface area contributed by atoms with Gasteiger partial charge in [0.05, 0.1) is 6.54 Å². The maximum absolute atomic E-state index is 11.6. The lowest BCUT2D eigenvalue weighted by atomic mass is 9.85. The molecule has 6 heteroatoms. The molecule has 0 radical (unpaired) electrons. The second-order valence-electron chi connectivity index (χ2n) is 5.29. The van der Waals surface area contributed by atoms with E-state index in [1.807, 2.05) is 20.8 Å². The maximum atomic E-state index is 11.6. The van der Waals surface area contributed by atoms with Gasteiger partial charge in [-0.1, -0.05) is 20.8 Å². The number of nitrogens with one attached hydrogen (secondary N) is 1. The Kier molecular flexibility index (Phi) is 4.22. The van der Waals surface area contributed by atoms with Crippen LogP contribution < -0.4 is 11.1 Å². The van der Waals surface area contributed by atoms with E-state index in [9.17, 15) is 4.79 Å². The Bertz CT molecular complexity index is 379. The van der Waals surface area contributed by atoms with Crippen molar-refractivity contribution < 1.29 is 4.79 Å². The van der Waals surface area contributed by atoms with E-state index in [1.54, 1.807) is 18.1 Å². The van der Waals surface area contributed by atoms with Gasteiger partial charge in [-0.25, -0.2) is 4.98 Å². The van der Waals surface area contributed by atoms with Crippen molar-refractivity contribution in [3.63, 3.8) is 0 Å². The van der Waals surface area contributed by atoms with Crippen LogP contribution in [0.4, 0.5) is 0 Å². The molecule has 0 saturated heterocycles. The summed E-state index contributed by atoms with van der Waals surface area (Å²) < 4.78 is 1.60. The van der Waals surface area contributed by atoms with E-state index in [0.717, 1.165) is 0 Å². The fourth-order valence-corrected chi connectivity index (χ4v) is 1.22. The Hall–Kier alpha value is -1.43. The second kappa shape index (κ2) is 5.27. The number of carbonyl (C=O) groups excluding carboxylic acids is 1. The van der Waals surface area contributed by atoms with Crippen molar-refractivity contribution in [1.29, 1.82) is 0 Å². The number of aromatic nitrogens is 3. The molecule has 0 spiro atoms. The predicted octanol–water partition coefficient (Wildman–Crippen LogP) is 0.195. The lowest BCUT2D eigenvalue weighted by molar-refractivity contribution is -0.122. The second-order valence-corrected chi connectivity index (χ2v) is 5.29. The first-order valence-corrected chi connectivity index (χ1v) is 5.66. The summed E-state index contributed by atoms with van der Waals surface area (Å²) in [5.41, 5.74) is 5.86. The monoisotopic (exact) mass is 239 g/mol. The van der Waals surface area contributed by atoms with Crippen LogP contribution in [-0.2, 0) is 18.4 Å². The lowest BCUT2D eigenvalue weighted by Crippen LogP contribution is -2.40. The smallest absolute Gasteiger partial charge is 0.221 e. The SMILES string of the molecule is Cn1cnc(CNC(=O)CC(N)C(C)(C)C)n1. The van der Waals surface area contributed by atoms with E-state index < -0.39 is 0 Å². The van der Waals surface area contributed by atoms with Gasteiger partial charge in [0.15, 0.2) is 5.82 Å². The molecule has 0 aliphatic carbocycles. The largest absolute Gasteiger partial charge is 0.349 e. The van der Waals surface area contributed by atoms with Crippen molar-refractivity contribution in [3.05, 3.63) is 12.2 Å². The molecule has 0 saturated carbocycles. The molecule has 0 aromatic carbocycles. The maximum Gasteiger partial charge on any atom is 0.221 e. The fraction of sp³-hybridized carbons (Fsp3) is 0.727. The van der Waals surface area contributed by atoms with E-state index in [0.29, 0.717) is 18.8 Å². The number of hydrogen-bond donors (Lipinski definition) is 2. The van der Waals surface area contributed by atoms with E-state index >= 15 is 0 Å². The minimum Gasteiger partial charge on any atom is -0.349 e. The van der Waals surface area contributed by atoms with Crippen molar-refractivity contribution in [1.82, 2.24) is 20.1 Å². The van der Waals surface area contributed by atoms with Crippen molar-refractivity contribution in [2.45, 2.75) is 39.8 Å². The summed E-state index contributed by atoms with van der Waals surface area (Å²) >= 11 is 0. The molecular weight excluding hydrogens is 218 g/mol. The molecule has 1 atom stereocenters. The first kappa shape index (κ1) is 13.6. The molecule has 1 rings (SSSR count). The molecule has 0 aliphatic rings. The highest BCUT2D eigenvalue weighted by Crippen LogP contribution is 2.19. The minimum absolute atomic E-state index is 0.0689. The van der Waals surface area contributed by atoms with Crippen LogP contribution in [0.3, 0.4) is 0 Å². The van der Waals surface area contributed by atoms with Gasteiger partial charge < -0.3 is 11.1 Å². The zero-order chi connectivity index (χ0) is 13.1. The number of nitrogens with two attached hydrogens (primary N) is 1. The molecule has 1 unspecified atom stereocenters.